The molecule has 1 aliphatic heterocycles. The molecule has 1 saturated heterocycles. The zero-order valence-electron chi connectivity index (χ0n) is 12.6. The van der Waals surface area contributed by atoms with E-state index in [-0.39, 0.29) is 17.2 Å². The number of rotatable bonds is 2. The summed E-state index contributed by atoms with van der Waals surface area (Å²) in [5, 5.41) is 0. The summed E-state index contributed by atoms with van der Waals surface area (Å²) in [5.41, 5.74) is 2.19. The van der Waals surface area contributed by atoms with Gasteiger partial charge in [-0.3, -0.25) is 4.79 Å². The smallest absolute Gasteiger partial charge is 0.230 e. The third-order valence-corrected chi connectivity index (χ3v) is 4.95. The van der Waals surface area contributed by atoms with E-state index in [2.05, 4.69) is 38.1 Å². The van der Waals surface area contributed by atoms with Gasteiger partial charge in [-0.2, -0.15) is 0 Å². The third-order valence-electron chi connectivity index (χ3n) is 4.95. The lowest BCUT2D eigenvalue weighted by Gasteiger charge is -2.44. The van der Waals surface area contributed by atoms with Gasteiger partial charge in [0.1, 0.15) is 0 Å². The van der Waals surface area contributed by atoms with Crippen molar-refractivity contribution >= 4 is 11.6 Å². The molecule has 1 fully saturated rings. The van der Waals surface area contributed by atoms with Crippen molar-refractivity contribution in [3.63, 3.8) is 0 Å². The Kier molecular flexibility index (Phi) is 3.54. The Morgan fingerprint density at radius 3 is 2.19 bits per heavy atom. The normalized spacial score (nSPS) is 25.9. The molecule has 2 aromatic carbocycles. The van der Waals surface area contributed by atoms with Crippen molar-refractivity contribution in [2.24, 2.45) is 5.92 Å². The van der Waals surface area contributed by atoms with Crippen LogP contribution >= 0.6 is 0 Å². The van der Waals surface area contributed by atoms with Gasteiger partial charge in [0.25, 0.3) is 0 Å². The average Bonchev–Trinajstić information content (AvgIpc) is 2.54. The van der Waals surface area contributed by atoms with Gasteiger partial charge in [-0.25, -0.2) is 0 Å². The summed E-state index contributed by atoms with van der Waals surface area (Å²) in [7, 11) is 0. The van der Waals surface area contributed by atoms with E-state index in [0.29, 0.717) is 0 Å². The first kappa shape index (κ1) is 13.9. The number of benzene rings is 2. The van der Waals surface area contributed by atoms with Gasteiger partial charge in [-0.15, -0.1) is 0 Å². The molecule has 2 nitrogen and oxygen atoms in total. The fraction of sp³-hybridized carbons (Fsp3) is 0.316. The van der Waals surface area contributed by atoms with Crippen molar-refractivity contribution in [1.29, 1.82) is 0 Å². The van der Waals surface area contributed by atoms with Crippen LogP contribution in [0.5, 0.6) is 0 Å². The van der Waals surface area contributed by atoms with Gasteiger partial charge in [-0.05, 0) is 24.1 Å². The second kappa shape index (κ2) is 5.36. The van der Waals surface area contributed by atoms with E-state index < -0.39 is 0 Å². The van der Waals surface area contributed by atoms with E-state index >= 15 is 0 Å². The molecule has 0 radical (unpaired) electrons. The first-order valence-electron chi connectivity index (χ1n) is 7.55. The lowest BCUT2D eigenvalue weighted by molar-refractivity contribution is -0.125. The van der Waals surface area contributed by atoms with Gasteiger partial charge >= 0.3 is 0 Å². The molecule has 3 rings (SSSR count). The van der Waals surface area contributed by atoms with Crippen molar-refractivity contribution in [2.45, 2.75) is 25.7 Å². The van der Waals surface area contributed by atoms with Crippen molar-refractivity contribution in [3.05, 3.63) is 66.2 Å². The van der Waals surface area contributed by atoms with Gasteiger partial charge < -0.3 is 4.90 Å². The number of hydrogen-bond donors (Lipinski definition) is 0. The zero-order valence-corrected chi connectivity index (χ0v) is 12.6. The molecule has 21 heavy (non-hydrogen) atoms. The Morgan fingerprint density at radius 2 is 1.57 bits per heavy atom. The maximum Gasteiger partial charge on any atom is 0.230 e. The van der Waals surface area contributed by atoms with Crippen LogP contribution in [0.15, 0.2) is 60.7 Å². The van der Waals surface area contributed by atoms with Gasteiger partial charge in [-0.1, -0.05) is 62.4 Å². The number of carbonyl (C=O) groups excluding carboxylic acids is 1. The Hall–Kier alpha value is -2.09. The van der Waals surface area contributed by atoms with Gasteiger partial charge in [0.15, 0.2) is 0 Å². The predicted octanol–water partition coefficient (Wildman–Crippen LogP) is 4.02. The summed E-state index contributed by atoms with van der Waals surface area (Å²) in [6, 6.07) is 20.4. The highest BCUT2D eigenvalue weighted by atomic mass is 16.2. The van der Waals surface area contributed by atoms with E-state index in [9.17, 15) is 4.79 Å². The lowest BCUT2D eigenvalue weighted by Crippen LogP contribution is -2.51. The average molecular weight is 279 g/mol. The van der Waals surface area contributed by atoms with Crippen LogP contribution in [0.25, 0.3) is 0 Å². The molecule has 0 N–H and O–H groups in total. The van der Waals surface area contributed by atoms with Crippen molar-refractivity contribution in [3.8, 4) is 0 Å². The topological polar surface area (TPSA) is 20.3 Å². The molecule has 0 aliphatic carbocycles. The number of anilines is 1. The molecule has 2 unspecified atom stereocenters. The standard InChI is InChI=1S/C19H21NO/c1-15-18(21)20(17-11-7-4-8-12-17)14-13-19(15,2)16-9-5-3-6-10-16/h3-12,15H,13-14H2,1-2H3. The molecule has 0 aromatic heterocycles. The molecule has 0 spiro atoms. The molecule has 2 atom stereocenters. The minimum Gasteiger partial charge on any atom is -0.312 e. The first-order chi connectivity index (χ1) is 10.1. The van der Waals surface area contributed by atoms with E-state index in [0.717, 1.165) is 18.7 Å². The van der Waals surface area contributed by atoms with Crippen LogP contribution in [-0.2, 0) is 10.2 Å². The molecule has 1 heterocycles. The summed E-state index contributed by atoms with van der Waals surface area (Å²) >= 11 is 0. The molecule has 108 valence electrons. The lowest BCUT2D eigenvalue weighted by atomic mass is 9.67. The SMILES string of the molecule is CC1C(=O)N(c2ccccc2)CCC1(C)c1ccccc1. The molecule has 0 saturated carbocycles. The van der Waals surface area contributed by atoms with Crippen molar-refractivity contribution < 1.29 is 4.79 Å². The highest BCUT2D eigenvalue weighted by Crippen LogP contribution is 2.41. The summed E-state index contributed by atoms with van der Waals surface area (Å²) < 4.78 is 0. The highest BCUT2D eigenvalue weighted by molar-refractivity contribution is 5.96. The van der Waals surface area contributed by atoms with E-state index in [1.54, 1.807) is 0 Å². The quantitative estimate of drug-likeness (QED) is 0.813. The Bertz CT molecular complexity index is 623. The van der Waals surface area contributed by atoms with Crippen molar-refractivity contribution in [2.75, 3.05) is 11.4 Å². The number of piperidine rings is 1. The van der Waals surface area contributed by atoms with E-state index in [1.165, 1.54) is 5.56 Å². The van der Waals surface area contributed by atoms with Crippen LogP contribution in [0.1, 0.15) is 25.8 Å². The number of carbonyl (C=O) groups is 1. The molecule has 1 aliphatic rings. The minimum atomic E-state index is -0.0797. The molecule has 0 bridgehead atoms. The predicted molar refractivity (Wildman–Crippen MR) is 86.4 cm³/mol. The second-order valence-corrected chi connectivity index (χ2v) is 6.08. The molecular formula is C19H21NO. The number of hydrogen-bond acceptors (Lipinski definition) is 1. The first-order valence-corrected chi connectivity index (χ1v) is 7.55. The van der Waals surface area contributed by atoms with Gasteiger partial charge in [0.2, 0.25) is 5.91 Å². The fourth-order valence-electron chi connectivity index (χ4n) is 3.25. The van der Waals surface area contributed by atoms with Crippen LogP contribution in [0.3, 0.4) is 0 Å². The van der Waals surface area contributed by atoms with Crippen LogP contribution in [0.2, 0.25) is 0 Å². The number of nitrogens with zero attached hydrogens (tertiary/aromatic N) is 1. The van der Waals surface area contributed by atoms with Crippen LogP contribution in [0, 0.1) is 5.92 Å². The maximum absolute atomic E-state index is 12.8. The third kappa shape index (κ3) is 2.35. The van der Waals surface area contributed by atoms with E-state index in [1.807, 2.05) is 41.3 Å². The van der Waals surface area contributed by atoms with Gasteiger partial charge in [0, 0.05) is 23.6 Å². The van der Waals surface area contributed by atoms with Crippen LogP contribution in [-0.4, -0.2) is 12.5 Å². The monoisotopic (exact) mass is 279 g/mol. The Labute approximate surface area is 126 Å². The Morgan fingerprint density at radius 1 is 1.00 bits per heavy atom. The van der Waals surface area contributed by atoms with Crippen LogP contribution in [0.4, 0.5) is 5.69 Å². The molecule has 2 aromatic rings. The van der Waals surface area contributed by atoms with Crippen LogP contribution < -0.4 is 4.90 Å². The zero-order chi connectivity index (χ0) is 14.9. The molecule has 1 amide bonds. The largest absolute Gasteiger partial charge is 0.312 e. The van der Waals surface area contributed by atoms with Crippen molar-refractivity contribution in [1.82, 2.24) is 0 Å². The fourth-order valence-corrected chi connectivity index (χ4v) is 3.25. The maximum atomic E-state index is 12.8. The summed E-state index contributed by atoms with van der Waals surface area (Å²) in [5.74, 6) is 0.202. The summed E-state index contributed by atoms with van der Waals surface area (Å²) in [6.07, 6.45) is 0.985. The van der Waals surface area contributed by atoms with E-state index in [4.69, 9.17) is 0 Å². The summed E-state index contributed by atoms with van der Waals surface area (Å²) in [4.78, 5) is 14.8. The molecular weight excluding hydrogens is 258 g/mol. The Balaban J connectivity index is 1.90. The number of amides is 1. The second-order valence-electron chi connectivity index (χ2n) is 6.08. The number of para-hydroxylation sites is 1. The van der Waals surface area contributed by atoms with Gasteiger partial charge in [0.05, 0.1) is 0 Å². The molecule has 2 heteroatoms. The summed E-state index contributed by atoms with van der Waals surface area (Å²) in [6.45, 7) is 5.05. The minimum absolute atomic E-state index is 0.0196. The highest BCUT2D eigenvalue weighted by Gasteiger charge is 2.43.